The van der Waals surface area contributed by atoms with Crippen molar-refractivity contribution in [3.63, 3.8) is 0 Å². The maximum Gasteiger partial charge on any atom is 0.0954 e. The van der Waals surface area contributed by atoms with Crippen LogP contribution in [0.4, 0.5) is 0 Å². The molecule has 0 bridgehead atoms. The van der Waals surface area contributed by atoms with E-state index in [4.69, 9.17) is 0 Å². The third kappa shape index (κ3) is 4.81. The van der Waals surface area contributed by atoms with Gasteiger partial charge in [0, 0.05) is 17.8 Å². The SMILES string of the molecule is CNCc1csc(C(C)C)n1.Cl.Cl. The molecule has 0 aliphatic rings. The van der Waals surface area contributed by atoms with Gasteiger partial charge in [-0.25, -0.2) is 4.98 Å². The molecular weight excluding hydrogens is 227 g/mol. The van der Waals surface area contributed by atoms with Gasteiger partial charge in [0.1, 0.15) is 0 Å². The van der Waals surface area contributed by atoms with Crippen molar-refractivity contribution in [2.75, 3.05) is 7.05 Å². The lowest BCUT2D eigenvalue weighted by Crippen LogP contribution is -2.05. The van der Waals surface area contributed by atoms with Crippen molar-refractivity contribution >= 4 is 36.2 Å². The first-order chi connectivity index (χ1) is 5.24. The van der Waals surface area contributed by atoms with Crippen LogP contribution in [0.1, 0.15) is 30.5 Å². The molecule has 0 unspecified atom stereocenters. The van der Waals surface area contributed by atoms with Crippen molar-refractivity contribution in [2.24, 2.45) is 0 Å². The Hall–Kier alpha value is 0.170. The van der Waals surface area contributed by atoms with Gasteiger partial charge in [0.15, 0.2) is 0 Å². The van der Waals surface area contributed by atoms with Crippen LogP contribution in [0.25, 0.3) is 0 Å². The van der Waals surface area contributed by atoms with E-state index in [-0.39, 0.29) is 24.8 Å². The molecule has 1 rings (SSSR count). The van der Waals surface area contributed by atoms with E-state index in [1.165, 1.54) is 5.01 Å². The van der Waals surface area contributed by atoms with Gasteiger partial charge in [-0.2, -0.15) is 0 Å². The first-order valence-corrected chi connectivity index (χ1v) is 4.71. The van der Waals surface area contributed by atoms with Crippen LogP contribution in [0, 0.1) is 0 Å². The average molecular weight is 243 g/mol. The Balaban J connectivity index is 0. The highest BCUT2D eigenvalue weighted by molar-refractivity contribution is 7.09. The van der Waals surface area contributed by atoms with Crippen molar-refractivity contribution in [3.05, 3.63) is 16.1 Å². The molecule has 0 aliphatic heterocycles. The summed E-state index contributed by atoms with van der Waals surface area (Å²) in [6.45, 7) is 5.22. The van der Waals surface area contributed by atoms with Crippen LogP contribution < -0.4 is 5.32 Å². The number of thiazole rings is 1. The summed E-state index contributed by atoms with van der Waals surface area (Å²) in [6, 6.07) is 0. The number of aromatic nitrogens is 1. The van der Waals surface area contributed by atoms with Gasteiger partial charge in [0.05, 0.1) is 10.7 Å². The highest BCUT2D eigenvalue weighted by Crippen LogP contribution is 2.18. The minimum atomic E-state index is 0. The van der Waals surface area contributed by atoms with Crippen LogP contribution in [0.2, 0.25) is 0 Å². The number of hydrogen-bond acceptors (Lipinski definition) is 3. The molecule has 0 saturated carbocycles. The molecule has 13 heavy (non-hydrogen) atoms. The quantitative estimate of drug-likeness (QED) is 0.883. The first-order valence-electron chi connectivity index (χ1n) is 3.83. The minimum Gasteiger partial charge on any atom is -0.314 e. The van der Waals surface area contributed by atoms with Crippen molar-refractivity contribution in [1.29, 1.82) is 0 Å². The van der Waals surface area contributed by atoms with Gasteiger partial charge in [-0.1, -0.05) is 13.8 Å². The largest absolute Gasteiger partial charge is 0.314 e. The molecule has 0 saturated heterocycles. The lowest BCUT2D eigenvalue weighted by molar-refractivity contribution is 0.776. The maximum atomic E-state index is 4.46. The number of nitrogens with zero attached hydrogens (tertiary/aromatic N) is 1. The van der Waals surface area contributed by atoms with E-state index >= 15 is 0 Å². The molecule has 78 valence electrons. The summed E-state index contributed by atoms with van der Waals surface area (Å²) in [4.78, 5) is 4.46. The number of rotatable bonds is 3. The van der Waals surface area contributed by atoms with Gasteiger partial charge in [-0.3, -0.25) is 0 Å². The Kier molecular flexibility index (Phi) is 9.09. The molecule has 0 aromatic carbocycles. The summed E-state index contributed by atoms with van der Waals surface area (Å²) in [5, 5.41) is 6.43. The molecular formula is C8H16Cl2N2S. The molecule has 1 aromatic heterocycles. The number of nitrogens with one attached hydrogen (secondary N) is 1. The second-order valence-electron chi connectivity index (χ2n) is 2.86. The zero-order chi connectivity index (χ0) is 8.27. The summed E-state index contributed by atoms with van der Waals surface area (Å²) in [6.07, 6.45) is 0. The molecule has 0 fully saturated rings. The van der Waals surface area contributed by atoms with Crippen molar-refractivity contribution in [3.8, 4) is 0 Å². The van der Waals surface area contributed by atoms with Crippen LogP contribution in [0.3, 0.4) is 0 Å². The Morgan fingerprint density at radius 3 is 2.46 bits per heavy atom. The van der Waals surface area contributed by atoms with Crippen LogP contribution in [0.15, 0.2) is 5.38 Å². The lowest BCUT2D eigenvalue weighted by atomic mass is 10.2. The van der Waals surface area contributed by atoms with Crippen LogP contribution in [-0.4, -0.2) is 12.0 Å². The summed E-state index contributed by atoms with van der Waals surface area (Å²) >= 11 is 1.75. The molecule has 0 amide bonds. The molecule has 0 radical (unpaired) electrons. The van der Waals surface area contributed by atoms with Gasteiger partial charge in [-0.15, -0.1) is 36.2 Å². The predicted octanol–water partition coefficient (Wildman–Crippen LogP) is 2.83. The van der Waals surface area contributed by atoms with E-state index in [1.807, 2.05) is 7.05 Å². The summed E-state index contributed by atoms with van der Waals surface area (Å²) < 4.78 is 0. The molecule has 0 atom stereocenters. The monoisotopic (exact) mass is 242 g/mol. The van der Waals surface area contributed by atoms with Crippen molar-refractivity contribution in [1.82, 2.24) is 10.3 Å². The van der Waals surface area contributed by atoms with Gasteiger partial charge >= 0.3 is 0 Å². The van der Waals surface area contributed by atoms with Crippen molar-refractivity contribution in [2.45, 2.75) is 26.3 Å². The maximum absolute atomic E-state index is 4.46. The molecule has 2 nitrogen and oxygen atoms in total. The predicted molar refractivity (Wildman–Crippen MR) is 63.5 cm³/mol. The Morgan fingerprint density at radius 1 is 1.46 bits per heavy atom. The van der Waals surface area contributed by atoms with E-state index in [0.717, 1.165) is 12.2 Å². The molecule has 0 aliphatic carbocycles. The lowest BCUT2D eigenvalue weighted by Gasteiger charge is -1.96. The van der Waals surface area contributed by atoms with Gasteiger partial charge in [0.2, 0.25) is 0 Å². The zero-order valence-electron chi connectivity index (χ0n) is 8.03. The van der Waals surface area contributed by atoms with Gasteiger partial charge < -0.3 is 5.32 Å². The zero-order valence-corrected chi connectivity index (χ0v) is 10.5. The van der Waals surface area contributed by atoms with E-state index in [0.29, 0.717) is 5.92 Å². The number of hydrogen-bond donors (Lipinski definition) is 1. The van der Waals surface area contributed by atoms with E-state index in [9.17, 15) is 0 Å². The molecule has 0 spiro atoms. The normalized spacial score (nSPS) is 9.23. The third-order valence-electron chi connectivity index (χ3n) is 1.42. The smallest absolute Gasteiger partial charge is 0.0954 e. The highest BCUT2D eigenvalue weighted by Gasteiger charge is 2.03. The topological polar surface area (TPSA) is 24.9 Å². The second kappa shape index (κ2) is 7.56. The molecule has 5 heteroatoms. The average Bonchev–Trinajstić information content (AvgIpc) is 2.37. The van der Waals surface area contributed by atoms with E-state index in [2.05, 4.69) is 29.5 Å². The minimum absolute atomic E-state index is 0. The van der Waals surface area contributed by atoms with Crippen LogP contribution in [-0.2, 0) is 6.54 Å². The molecule has 1 heterocycles. The first kappa shape index (κ1) is 15.6. The fraction of sp³-hybridized carbons (Fsp3) is 0.625. The Labute approximate surface area is 96.0 Å². The fourth-order valence-electron chi connectivity index (χ4n) is 0.850. The summed E-state index contributed by atoms with van der Waals surface area (Å²) in [7, 11) is 1.94. The molecule has 1 aromatic rings. The standard InChI is InChI=1S/C8H14N2S.2ClH/c1-6(2)8-10-7(4-9-3)5-11-8;;/h5-6,9H,4H2,1-3H3;2*1H. The highest BCUT2D eigenvalue weighted by atomic mass is 35.5. The van der Waals surface area contributed by atoms with E-state index in [1.54, 1.807) is 11.3 Å². The van der Waals surface area contributed by atoms with Gasteiger partial charge in [0.25, 0.3) is 0 Å². The van der Waals surface area contributed by atoms with E-state index < -0.39 is 0 Å². The fourth-order valence-corrected chi connectivity index (χ4v) is 1.69. The molecule has 1 N–H and O–H groups in total. The van der Waals surface area contributed by atoms with Crippen molar-refractivity contribution < 1.29 is 0 Å². The third-order valence-corrected chi connectivity index (χ3v) is 2.62. The van der Waals surface area contributed by atoms with Crippen LogP contribution >= 0.6 is 36.2 Å². The Morgan fingerprint density at radius 2 is 2.08 bits per heavy atom. The van der Waals surface area contributed by atoms with Crippen LogP contribution in [0.5, 0.6) is 0 Å². The second-order valence-corrected chi connectivity index (χ2v) is 3.75. The summed E-state index contributed by atoms with van der Waals surface area (Å²) in [5.74, 6) is 0.561. The number of halogens is 2. The summed E-state index contributed by atoms with van der Waals surface area (Å²) in [5.41, 5.74) is 1.15. The Bertz CT molecular complexity index is 226. The van der Waals surface area contributed by atoms with Gasteiger partial charge in [-0.05, 0) is 7.05 Å².